The normalized spacial score (nSPS) is 17.3. The molecule has 1 fully saturated rings. The van der Waals surface area contributed by atoms with E-state index in [2.05, 4.69) is 39.6 Å². The van der Waals surface area contributed by atoms with Crippen molar-refractivity contribution in [2.24, 2.45) is 0 Å². The van der Waals surface area contributed by atoms with Gasteiger partial charge in [0, 0.05) is 29.3 Å². The Kier molecular flexibility index (Phi) is 10.8. The van der Waals surface area contributed by atoms with Gasteiger partial charge in [-0.15, -0.1) is 10.9 Å². The van der Waals surface area contributed by atoms with Gasteiger partial charge in [0.2, 0.25) is 0 Å². The maximum Gasteiger partial charge on any atom is 0.196 e. The van der Waals surface area contributed by atoms with Gasteiger partial charge in [0.05, 0.1) is 18.3 Å². The van der Waals surface area contributed by atoms with Crippen molar-refractivity contribution in [1.29, 1.82) is 0 Å². The van der Waals surface area contributed by atoms with E-state index in [1.165, 1.54) is 24.6 Å². The van der Waals surface area contributed by atoms with Crippen molar-refractivity contribution in [1.82, 2.24) is 4.90 Å². The Morgan fingerprint density at radius 1 is 0.872 bits per heavy atom. The summed E-state index contributed by atoms with van der Waals surface area (Å²) in [6.07, 6.45) is 8.99. The number of hydrogen-bond donors (Lipinski definition) is 1. The van der Waals surface area contributed by atoms with Crippen LogP contribution in [0.3, 0.4) is 0 Å². The van der Waals surface area contributed by atoms with Gasteiger partial charge in [-0.25, -0.2) is 0 Å². The van der Waals surface area contributed by atoms with E-state index in [0.717, 1.165) is 51.6 Å². The number of phenols is 1. The average molecular weight is 525 g/mol. The van der Waals surface area contributed by atoms with Crippen molar-refractivity contribution in [3.05, 3.63) is 41.5 Å². The molecule has 204 valence electrons. The SMILES string of the molecule is [B]c1ccc(C(=O)c2cc([B])c(OCCCCCCCCOC3CC(C)(C)N(C)C(C)(C)C3)cc2O)cc1[B]. The minimum absolute atomic E-state index is 0.0937. The van der Waals surface area contributed by atoms with Gasteiger partial charge in [0.1, 0.15) is 35.0 Å². The third-order valence-electron chi connectivity index (χ3n) is 8.14. The zero-order valence-corrected chi connectivity index (χ0v) is 24.4. The lowest BCUT2D eigenvalue weighted by Crippen LogP contribution is -2.60. The Morgan fingerprint density at radius 2 is 1.46 bits per heavy atom. The number of likely N-dealkylation sites (tertiary alicyclic amines) is 1. The van der Waals surface area contributed by atoms with Gasteiger partial charge in [-0.05, 0) is 60.4 Å². The van der Waals surface area contributed by atoms with E-state index in [0.29, 0.717) is 40.4 Å². The van der Waals surface area contributed by atoms with Crippen LogP contribution in [0.5, 0.6) is 11.5 Å². The fourth-order valence-electron chi connectivity index (χ4n) is 5.51. The molecule has 5 nitrogen and oxygen atoms in total. The first-order valence-electron chi connectivity index (χ1n) is 14.1. The number of aromatic hydroxyl groups is 1. The molecule has 0 atom stereocenters. The standard InChI is InChI=1S/C31H42B3NO4/c1-30(2)19-22(20-31(3,4)35(30)5)38-14-10-8-6-7-9-11-15-39-28-18-27(36)23(17-26(28)34)29(37)21-12-13-24(32)25(33)16-21/h12-13,16-18,22,36H,6-11,14-15,19-20H2,1-5H3. The highest BCUT2D eigenvalue weighted by molar-refractivity contribution is 6.48. The largest absolute Gasteiger partial charge is 0.507 e. The summed E-state index contributed by atoms with van der Waals surface area (Å²) < 4.78 is 12.1. The lowest BCUT2D eigenvalue weighted by atomic mass is 9.79. The van der Waals surface area contributed by atoms with Gasteiger partial charge >= 0.3 is 0 Å². The molecule has 2 aromatic carbocycles. The van der Waals surface area contributed by atoms with Crippen molar-refractivity contribution in [3.63, 3.8) is 0 Å². The minimum Gasteiger partial charge on any atom is -0.507 e. The van der Waals surface area contributed by atoms with Crippen molar-refractivity contribution in [2.45, 2.75) is 96.2 Å². The molecule has 1 N–H and O–H groups in total. The average Bonchev–Trinajstić information content (AvgIpc) is 2.86. The van der Waals surface area contributed by atoms with Crippen LogP contribution in [0.2, 0.25) is 0 Å². The Labute approximate surface area is 239 Å². The predicted molar refractivity (Wildman–Crippen MR) is 162 cm³/mol. The molecule has 0 aliphatic carbocycles. The molecule has 1 aliphatic rings. The van der Waals surface area contributed by atoms with E-state index < -0.39 is 0 Å². The lowest BCUT2D eigenvalue weighted by molar-refractivity contribution is -0.0918. The van der Waals surface area contributed by atoms with Crippen LogP contribution in [0.15, 0.2) is 30.3 Å². The van der Waals surface area contributed by atoms with E-state index >= 15 is 0 Å². The molecule has 0 spiro atoms. The molecule has 0 saturated carbocycles. The Hall–Kier alpha value is -2.18. The van der Waals surface area contributed by atoms with Gasteiger partial charge in [-0.3, -0.25) is 9.69 Å². The van der Waals surface area contributed by atoms with Gasteiger partial charge in [0.15, 0.2) is 5.78 Å². The summed E-state index contributed by atoms with van der Waals surface area (Å²) >= 11 is 0. The number of carbonyl (C=O) groups is 1. The van der Waals surface area contributed by atoms with Crippen molar-refractivity contribution >= 4 is 45.7 Å². The van der Waals surface area contributed by atoms with Gasteiger partial charge < -0.3 is 14.6 Å². The maximum absolute atomic E-state index is 12.8. The molecular weight excluding hydrogens is 483 g/mol. The van der Waals surface area contributed by atoms with E-state index in [9.17, 15) is 9.90 Å². The van der Waals surface area contributed by atoms with Crippen LogP contribution in [0, 0.1) is 0 Å². The molecule has 6 radical (unpaired) electrons. The number of hydrogen-bond acceptors (Lipinski definition) is 5. The molecule has 1 saturated heterocycles. The van der Waals surface area contributed by atoms with Crippen LogP contribution < -0.4 is 21.1 Å². The number of carbonyl (C=O) groups excluding carboxylic acids is 1. The highest BCUT2D eigenvalue weighted by Gasteiger charge is 2.43. The van der Waals surface area contributed by atoms with Crippen LogP contribution in [-0.4, -0.2) is 76.8 Å². The minimum atomic E-state index is -0.387. The third kappa shape index (κ3) is 8.41. The Balaban J connectivity index is 1.32. The summed E-state index contributed by atoms with van der Waals surface area (Å²) in [7, 11) is 19.9. The van der Waals surface area contributed by atoms with E-state index in [1.807, 2.05) is 0 Å². The molecule has 39 heavy (non-hydrogen) atoms. The Morgan fingerprint density at radius 3 is 2.08 bits per heavy atom. The highest BCUT2D eigenvalue weighted by Crippen LogP contribution is 2.38. The number of nitrogens with zero attached hydrogens (tertiary/aromatic N) is 1. The quantitative estimate of drug-likeness (QED) is 0.247. The maximum atomic E-state index is 12.8. The summed E-state index contributed by atoms with van der Waals surface area (Å²) in [5.74, 6) is -0.200. The molecule has 2 aromatic rings. The van der Waals surface area contributed by atoms with Crippen LogP contribution in [-0.2, 0) is 4.74 Å². The molecule has 0 unspecified atom stereocenters. The summed E-state index contributed by atoms with van der Waals surface area (Å²) in [5, 5.41) is 10.4. The number of unbranched alkanes of at least 4 members (excludes halogenated alkanes) is 5. The highest BCUT2D eigenvalue weighted by atomic mass is 16.5. The summed E-state index contributed by atoms with van der Waals surface area (Å²) in [6.45, 7) is 10.6. The van der Waals surface area contributed by atoms with Crippen LogP contribution in [0.4, 0.5) is 0 Å². The number of rotatable bonds is 13. The smallest absolute Gasteiger partial charge is 0.196 e. The van der Waals surface area contributed by atoms with Crippen LogP contribution >= 0.6 is 0 Å². The first-order chi connectivity index (χ1) is 18.3. The second-order valence-electron chi connectivity index (χ2n) is 12.1. The first kappa shape index (κ1) is 31.4. The zero-order valence-electron chi connectivity index (χ0n) is 24.4. The molecule has 1 aliphatic heterocycles. The topological polar surface area (TPSA) is 59.0 Å². The molecular formula is C31H42B3NO4. The molecule has 3 rings (SSSR count). The van der Waals surface area contributed by atoms with E-state index in [-0.39, 0.29) is 28.2 Å². The van der Waals surface area contributed by atoms with Crippen molar-refractivity contribution in [3.8, 4) is 11.5 Å². The number of ether oxygens (including phenoxy) is 2. The van der Waals surface area contributed by atoms with Gasteiger partial charge in [0.25, 0.3) is 0 Å². The van der Waals surface area contributed by atoms with E-state index in [4.69, 9.17) is 33.0 Å². The second-order valence-corrected chi connectivity index (χ2v) is 12.1. The number of benzene rings is 2. The van der Waals surface area contributed by atoms with Crippen LogP contribution in [0.25, 0.3) is 0 Å². The number of ketones is 1. The monoisotopic (exact) mass is 525 g/mol. The molecule has 8 heteroatoms. The number of piperidine rings is 1. The Bertz CT molecular complexity index is 1120. The summed E-state index contributed by atoms with van der Waals surface area (Å²) in [6, 6.07) is 7.45. The summed E-state index contributed by atoms with van der Waals surface area (Å²) in [5.41, 5.74) is 1.74. The second kappa shape index (κ2) is 13.5. The summed E-state index contributed by atoms with van der Waals surface area (Å²) in [4.78, 5) is 15.3. The number of phenolic OH excluding ortho intramolecular Hbond substituents is 1. The predicted octanol–water partition coefficient (Wildman–Crippen LogP) is 3.39. The van der Waals surface area contributed by atoms with Crippen LogP contribution in [0.1, 0.15) is 95.0 Å². The fourth-order valence-corrected chi connectivity index (χ4v) is 5.51. The van der Waals surface area contributed by atoms with Gasteiger partial charge in [-0.1, -0.05) is 55.4 Å². The van der Waals surface area contributed by atoms with Crippen molar-refractivity contribution < 1.29 is 19.4 Å². The van der Waals surface area contributed by atoms with Gasteiger partial charge in [-0.2, -0.15) is 0 Å². The fraction of sp³-hybridized carbons (Fsp3) is 0.581. The lowest BCUT2D eigenvalue weighted by Gasteiger charge is -2.53. The first-order valence-corrected chi connectivity index (χ1v) is 14.1. The molecule has 0 amide bonds. The molecule has 1 heterocycles. The molecule has 0 bridgehead atoms. The zero-order chi connectivity index (χ0) is 28.8. The van der Waals surface area contributed by atoms with E-state index in [1.54, 1.807) is 12.1 Å². The molecule has 0 aromatic heterocycles. The van der Waals surface area contributed by atoms with Crippen molar-refractivity contribution in [2.75, 3.05) is 20.3 Å². The third-order valence-corrected chi connectivity index (χ3v) is 8.14.